The molecular weight excluding hydrogens is 667 g/mol. The topological polar surface area (TPSA) is 16.4 Å². The lowest BCUT2D eigenvalue weighted by molar-refractivity contribution is 0.660. The summed E-state index contributed by atoms with van der Waals surface area (Å²) in [4.78, 5) is 2.42. The number of benzene rings is 9. The molecule has 260 valence electrons. The van der Waals surface area contributed by atoms with Gasteiger partial charge in [0.1, 0.15) is 11.2 Å². The maximum atomic E-state index is 6.43. The molecule has 10 aromatic rings. The molecule has 0 unspecified atom stereocenters. The van der Waals surface area contributed by atoms with Crippen LogP contribution >= 0.6 is 0 Å². The summed E-state index contributed by atoms with van der Waals surface area (Å²) in [5.74, 6) is 0. The average molecular weight is 704 g/mol. The zero-order chi connectivity index (χ0) is 36.7. The lowest BCUT2D eigenvalue weighted by atomic mass is 9.82. The standard InChI is InChI=1S/C53H37NO/c1-53(2)47-17-7-5-15-44(47)45-28-27-43(33-48(45)53)54(49-18-10-20-51-52(49)46-16-6-8-19-50(46)55-51)42-14-9-13-36(32-42)37-23-24-41-31-40(26-25-39(41)30-37)38-22-21-34-11-3-4-12-35(34)29-38/h3-33H,1-2H3. The third-order valence-electron chi connectivity index (χ3n) is 11.8. The Morgan fingerprint density at radius 3 is 1.78 bits per heavy atom. The first-order valence-corrected chi connectivity index (χ1v) is 19.1. The maximum absolute atomic E-state index is 6.43. The number of para-hydroxylation sites is 1. The Balaban J connectivity index is 1.04. The van der Waals surface area contributed by atoms with Gasteiger partial charge >= 0.3 is 0 Å². The number of nitrogens with zero attached hydrogens (tertiary/aromatic N) is 1. The van der Waals surface area contributed by atoms with Crippen molar-refractivity contribution in [3.63, 3.8) is 0 Å². The highest BCUT2D eigenvalue weighted by Gasteiger charge is 2.36. The fourth-order valence-electron chi connectivity index (χ4n) is 9.00. The third kappa shape index (κ3) is 5.02. The molecule has 0 N–H and O–H groups in total. The van der Waals surface area contributed by atoms with E-state index >= 15 is 0 Å². The van der Waals surface area contributed by atoms with Crippen molar-refractivity contribution in [3.8, 4) is 33.4 Å². The molecule has 2 nitrogen and oxygen atoms in total. The van der Waals surface area contributed by atoms with Crippen LogP contribution in [0.1, 0.15) is 25.0 Å². The Labute approximate surface area is 320 Å². The van der Waals surface area contributed by atoms with E-state index in [4.69, 9.17) is 4.42 Å². The van der Waals surface area contributed by atoms with Gasteiger partial charge in [-0.05, 0) is 127 Å². The summed E-state index contributed by atoms with van der Waals surface area (Å²) < 4.78 is 6.43. The summed E-state index contributed by atoms with van der Waals surface area (Å²) in [5, 5.41) is 7.19. The smallest absolute Gasteiger partial charge is 0.137 e. The molecule has 9 aromatic carbocycles. The van der Waals surface area contributed by atoms with Crippen molar-refractivity contribution in [1.29, 1.82) is 0 Å². The van der Waals surface area contributed by atoms with Crippen LogP contribution in [0.15, 0.2) is 192 Å². The summed E-state index contributed by atoms with van der Waals surface area (Å²) in [6.07, 6.45) is 0. The van der Waals surface area contributed by atoms with Gasteiger partial charge in [0.05, 0.1) is 11.1 Å². The maximum Gasteiger partial charge on any atom is 0.137 e. The van der Waals surface area contributed by atoms with Crippen molar-refractivity contribution in [1.82, 2.24) is 0 Å². The molecule has 1 heterocycles. The van der Waals surface area contributed by atoms with Crippen LogP contribution < -0.4 is 4.90 Å². The zero-order valence-corrected chi connectivity index (χ0v) is 30.8. The van der Waals surface area contributed by atoms with Gasteiger partial charge in [-0.2, -0.15) is 0 Å². The molecule has 0 amide bonds. The summed E-state index contributed by atoms with van der Waals surface area (Å²) >= 11 is 0. The van der Waals surface area contributed by atoms with Crippen molar-refractivity contribution in [2.75, 3.05) is 4.90 Å². The van der Waals surface area contributed by atoms with E-state index in [1.807, 2.05) is 6.07 Å². The van der Waals surface area contributed by atoms with Gasteiger partial charge in [0, 0.05) is 22.2 Å². The second-order valence-corrected chi connectivity index (χ2v) is 15.4. The normalized spacial score (nSPS) is 13.1. The summed E-state index contributed by atoms with van der Waals surface area (Å²) in [6.45, 7) is 4.70. The van der Waals surface area contributed by atoms with Gasteiger partial charge in [0.25, 0.3) is 0 Å². The van der Waals surface area contributed by atoms with Crippen molar-refractivity contribution in [2.24, 2.45) is 0 Å². The van der Waals surface area contributed by atoms with E-state index in [0.29, 0.717) is 0 Å². The first-order chi connectivity index (χ1) is 27.0. The molecule has 2 heteroatoms. The molecule has 0 aliphatic heterocycles. The number of hydrogen-bond acceptors (Lipinski definition) is 2. The van der Waals surface area contributed by atoms with Crippen LogP contribution in [0.5, 0.6) is 0 Å². The van der Waals surface area contributed by atoms with E-state index in [1.165, 1.54) is 66.1 Å². The van der Waals surface area contributed by atoms with Crippen LogP contribution in [0.3, 0.4) is 0 Å². The predicted octanol–water partition coefficient (Wildman–Crippen LogP) is 15.0. The highest BCUT2D eigenvalue weighted by atomic mass is 16.3. The van der Waals surface area contributed by atoms with Crippen LogP contribution in [0.25, 0.3) is 76.9 Å². The van der Waals surface area contributed by atoms with E-state index in [0.717, 1.165) is 39.0 Å². The van der Waals surface area contributed by atoms with Crippen LogP contribution in [0.4, 0.5) is 17.1 Å². The minimum absolute atomic E-state index is 0.122. The Morgan fingerprint density at radius 1 is 0.400 bits per heavy atom. The van der Waals surface area contributed by atoms with Crippen LogP contribution in [-0.2, 0) is 5.41 Å². The third-order valence-corrected chi connectivity index (χ3v) is 11.8. The molecule has 0 saturated heterocycles. The molecule has 1 aliphatic rings. The number of fused-ring (bicyclic) bond motifs is 8. The first-order valence-electron chi connectivity index (χ1n) is 19.1. The fourth-order valence-corrected chi connectivity index (χ4v) is 9.00. The van der Waals surface area contributed by atoms with Crippen molar-refractivity contribution in [2.45, 2.75) is 19.3 Å². The van der Waals surface area contributed by atoms with Gasteiger partial charge < -0.3 is 9.32 Å². The van der Waals surface area contributed by atoms with E-state index in [2.05, 4.69) is 201 Å². The van der Waals surface area contributed by atoms with Gasteiger partial charge in [-0.15, -0.1) is 0 Å². The second kappa shape index (κ2) is 12.1. The molecule has 0 bridgehead atoms. The molecule has 11 rings (SSSR count). The van der Waals surface area contributed by atoms with Gasteiger partial charge in [0.2, 0.25) is 0 Å². The molecule has 0 atom stereocenters. The highest BCUT2D eigenvalue weighted by Crippen LogP contribution is 2.51. The molecule has 1 aliphatic carbocycles. The van der Waals surface area contributed by atoms with Crippen molar-refractivity contribution >= 4 is 60.5 Å². The number of hydrogen-bond donors (Lipinski definition) is 0. The average Bonchev–Trinajstić information content (AvgIpc) is 3.73. The Morgan fingerprint density at radius 2 is 0.982 bits per heavy atom. The minimum Gasteiger partial charge on any atom is -0.456 e. The van der Waals surface area contributed by atoms with Gasteiger partial charge in [0.15, 0.2) is 0 Å². The largest absolute Gasteiger partial charge is 0.456 e. The number of rotatable bonds is 5. The van der Waals surface area contributed by atoms with Gasteiger partial charge in [-0.25, -0.2) is 0 Å². The van der Waals surface area contributed by atoms with Crippen LogP contribution in [-0.4, -0.2) is 0 Å². The zero-order valence-electron chi connectivity index (χ0n) is 30.8. The quantitative estimate of drug-likeness (QED) is 0.177. The summed E-state index contributed by atoms with van der Waals surface area (Å²) in [7, 11) is 0. The second-order valence-electron chi connectivity index (χ2n) is 15.4. The number of furan rings is 1. The van der Waals surface area contributed by atoms with E-state index < -0.39 is 0 Å². The lowest BCUT2D eigenvalue weighted by Crippen LogP contribution is -2.16. The minimum atomic E-state index is -0.122. The number of anilines is 3. The molecule has 0 spiro atoms. The van der Waals surface area contributed by atoms with Gasteiger partial charge in [-0.3, -0.25) is 0 Å². The first kappa shape index (κ1) is 31.6. The van der Waals surface area contributed by atoms with E-state index in [9.17, 15) is 0 Å². The highest BCUT2D eigenvalue weighted by molar-refractivity contribution is 6.13. The molecule has 0 radical (unpaired) electrons. The summed E-state index contributed by atoms with van der Waals surface area (Å²) in [5.41, 5.74) is 15.1. The summed E-state index contributed by atoms with van der Waals surface area (Å²) in [6, 6.07) is 68.6. The fraction of sp³-hybridized carbons (Fsp3) is 0.0566. The van der Waals surface area contributed by atoms with Crippen LogP contribution in [0.2, 0.25) is 0 Å². The monoisotopic (exact) mass is 703 g/mol. The SMILES string of the molecule is CC1(C)c2ccccc2-c2ccc(N(c3cccc(-c4ccc5cc(-c6ccc7ccccc7c6)ccc5c4)c3)c3cccc4oc5ccccc5c34)cc21. The van der Waals surface area contributed by atoms with E-state index in [1.54, 1.807) is 0 Å². The molecule has 0 fully saturated rings. The Hall–Kier alpha value is -6.90. The Kier molecular flexibility index (Phi) is 6.93. The Bertz CT molecular complexity index is 3150. The van der Waals surface area contributed by atoms with E-state index in [-0.39, 0.29) is 5.41 Å². The lowest BCUT2D eigenvalue weighted by Gasteiger charge is -2.29. The predicted molar refractivity (Wildman–Crippen MR) is 232 cm³/mol. The molecule has 0 saturated carbocycles. The van der Waals surface area contributed by atoms with Crippen LogP contribution in [0, 0.1) is 0 Å². The molecule has 55 heavy (non-hydrogen) atoms. The molecule has 1 aromatic heterocycles. The van der Waals surface area contributed by atoms with Crippen molar-refractivity contribution < 1.29 is 4.42 Å². The van der Waals surface area contributed by atoms with Gasteiger partial charge in [-0.1, -0.05) is 141 Å². The van der Waals surface area contributed by atoms with Crippen molar-refractivity contribution in [3.05, 3.63) is 199 Å². The molecular formula is C53H37NO.